The van der Waals surface area contributed by atoms with E-state index in [1.807, 2.05) is 26.0 Å². The molecule has 5 heteroatoms. The molecule has 2 N–H and O–H groups in total. The molecular formula is C38H36N4O. The average molecular weight is 565 g/mol. The maximum absolute atomic E-state index is 13.6. The molecule has 2 aromatic carbocycles. The zero-order valence-electron chi connectivity index (χ0n) is 25.5. The lowest BCUT2D eigenvalue weighted by molar-refractivity contribution is -0.124. The molecule has 0 radical (unpaired) electrons. The van der Waals surface area contributed by atoms with Crippen LogP contribution >= 0.6 is 0 Å². The van der Waals surface area contributed by atoms with Crippen LogP contribution in [0.15, 0.2) is 100 Å². The summed E-state index contributed by atoms with van der Waals surface area (Å²) < 4.78 is 0. The van der Waals surface area contributed by atoms with Gasteiger partial charge in [-0.2, -0.15) is 0 Å². The Balaban J connectivity index is 1.55. The smallest absolute Gasteiger partial charge is 0.161 e. The summed E-state index contributed by atoms with van der Waals surface area (Å²) in [5.74, 6) is 0.164. The molecule has 3 aromatic rings. The molecule has 7 rings (SSSR count). The molecular weight excluding hydrogens is 528 g/mol. The minimum atomic E-state index is -0.575. The molecule has 0 saturated carbocycles. The van der Waals surface area contributed by atoms with E-state index >= 15 is 0 Å². The van der Waals surface area contributed by atoms with Gasteiger partial charge in [0.2, 0.25) is 0 Å². The van der Waals surface area contributed by atoms with Gasteiger partial charge in [0.25, 0.3) is 0 Å². The molecule has 4 aliphatic heterocycles. The van der Waals surface area contributed by atoms with Crippen LogP contribution in [0.4, 0.5) is 0 Å². The molecule has 0 aliphatic carbocycles. The Bertz CT molecular complexity index is 2000. The fourth-order valence-corrected chi connectivity index (χ4v) is 6.79. The van der Waals surface area contributed by atoms with E-state index in [0.717, 1.165) is 55.8 Å². The normalized spacial score (nSPS) is 25.8. The number of carbonyl (C=O) groups excluding carboxylic acids is 1. The Morgan fingerprint density at radius 2 is 1.44 bits per heavy atom. The van der Waals surface area contributed by atoms with Gasteiger partial charge in [-0.3, -0.25) is 10.1 Å². The number of nitrogens with one attached hydrogen (secondary N) is 2. The number of allylic oxidation sites excluding steroid dienone is 5. The maximum atomic E-state index is 13.6. The number of aliphatic imine (C=N–C) groups is 2. The van der Waals surface area contributed by atoms with E-state index in [9.17, 15) is 4.79 Å². The van der Waals surface area contributed by atoms with Crippen molar-refractivity contribution in [1.82, 2.24) is 10.3 Å². The van der Waals surface area contributed by atoms with Gasteiger partial charge in [0, 0.05) is 33.3 Å². The van der Waals surface area contributed by atoms with Crippen molar-refractivity contribution in [1.29, 1.82) is 0 Å². The Kier molecular flexibility index (Phi) is 6.33. The number of rotatable bonds is 2. The van der Waals surface area contributed by atoms with Crippen LogP contribution in [-0.4, -0.2) is 34.3 Å². The lowest BCUT2D eigenvalue weighted by Gasteiger charge is -2.21. The predicted octanol–water partition coefficient (Wildman–Crippen LogP) is 5.49. The number of fused-ring (bicyclic) bond motifs is 6. The zero-order chi connectivity index (χ0) is 30.0. The van der Waals surface area contributed by atoms with Gasteiger partial charge < -0.3 is 4.98 Å². The van der Waals surface area contributed by atoms with Crippen LogP contribution in [0.5, 0.6) is 0 Å². The second-order valence-corrected chi connectivity index (χ2v) is 12.7. The van der Waals surface area contributed by atoms with Crippen molar-refractivity contribution in [2.24, 2.45) is 15.4 Å². The molecule has 2 unspecified atom stereocenters. The highest BCUT2D eigenvalue weighted by atomic mass is 16.1. The van der Waals surface area contributed by atoms with Crippen molar-refractivity contribution in [3.63, 3.8) is 0 Å². The quantitative estimate of drug-likeness (QED) is 0.432. The van der Waals surface area contributed by atoms with Crippen molar-refractivity contribution in [2.45, 2.75) is 53.6 Å². The SMILES string of the molecule is Cc1ccc(C2=c3cc/c([nH]3)=C/C3NC(/C=C4/C=CC(=N4)/C(c4c(C)cc(C)cc4C)=C4/C=CC2=N4)C(=O)C3(C)C)cc1. The maximum Gasteiger partial charge on any atom is 0.161 e. The average Bonchev–Trinajstić information content (AvgIpc) is 3.75. The molecule has 0 amide bonds. The fraction of sp³-hybridized carbons (Fsp3) is 0.237. The summed E-state index contributed by atoms with van der Waals surface area (Å²) in [6.07, 6.45) is 12.4. The number of ketones is 1. The Labute approximate surface area is 252 Å². The van der Waals surface area contributed by atoms with Crippen LogP contribution in [-0.2, 0) is 4.79 Å². The van der Waals surface area contributed by atoms with E-state index < -0.39 is 11.5 Å². The summed E-state index contributed by atoms with van der Waals surface area (Å²) in [5, 5.41) is 5.53. The number of Topliss-reactive ketones (excluding diaryl/α,β-unsaturated/α-hetero) is 1. The first-order chi connectivity index (χ1) is 20.6. The lowest BCUT2D eigenvalue weighted by atomic mass is 9.82. The fourth-order valence-electron chi connectivity index (χ4n) is 6.79. The first-order valence-corrected chi connectivity index (χ1v) is 15.0. The van der Waals surface area contributed by atoms with Crippen LogP contribution in [0.3, 0.4) is 0 Å². The van der Waals surface area contributed by atoms with Crippen LogP contribution in [0, 0.1) is 33.1 Å². The third-order valence-electron chi connectivity index (χ3n) is 9.05. The van der Waals surface area contributed by atoms with E-state index in [0.29, 0.717) is 0 Å². The number of aryl methyl sites for hydroxylation is 4. The summed E-state index contributed by atoms with van der Waals surface area (Å²) in [5.41, 5.74) is 11.9. The minimum absolute atomic E-state index is 0.137. The van der Waals surface area contributed by atoms with Crippen molar-refractivity contribution in [3.05, 3.63) is 134 Å². The number of aromatic nitrogens is 1. The van der Waals surface area contributed by atoms with E-state index in [1.54, 1.807) is 0 Å². The first-order valence-electron chi connectivity index (χ1n) is 15.0. The third-order valence-corrected chi connectivity index (χ3v) is 9.05. The molecule has 4 aliphatic rings. The van der Waals surface area contributed by atoms with Gasteiger partial charge in [-0.05, 0) is 98.5 Å². The monoisotopic (exact) mass is 564 g/mol. The second kappa shape index (κ2) is 9.99. The summed E-state index contributed by atoms with van der Waals surface area (Å²) in [6.45, 7) is 12.6. The van der Waals surface area contributed by atoms with Crippen molar-refractivity contribution in [2.75, 3.05) is 0 Å². The number of benzene rings is 2. The predicted molar refractivity (Wildman–Crippen MR) is 177 cm³/mol. The molecule has 214 valence electrons. The summed E-state index contributed by atoms with van der Waals surface area (Å²) in [4.78, 5) is 27.7. The van der Waals surface area contributed by atoms with E-state index in [-0.39, 0.29) is 11.8 Å². The van der Waals surface area contributed by atoms with Gasteiger partial charge in [0.15, 0.2) is 5.78 Å². The molecule has 1 saturated heterocycles. The number of aromatic amines is 1. The lowest BCUT2D eigenvalue weighted by Crippen LogP contribution is -2.34. The minimum Gasteiger partial charge on any atom is -0.355 e. The summed E-state index contributed by atoms with van der Waals surface area (Å²) in [7, 11) is 0. The van der Waals surface area contributed by atoms with Gasteiger partial charge >= 0.3 is 0 Å². The van der Waals surface area contributed by atoms with Gasteiger partial charge in [-0.1, -0.05) is 61.4 Å². The second-order valence-electron chi connectivity index (χ2n) is 12.7. The van der Waals surface area contributed by atoms with Gasteiger partial charge in [0.05, 0.1) is 28.9 Å². The number of H-pyrrole nitrogens is 1. The molecule has 1 fully saturated rings. The van der Waals surface area contributed by atoms with E-state index in [1.165, 1.54) is 22.3 Å². The van der Waals surface area contributed by atoms with E-state index in [2.05, 4.69) is 111 Å². The molecule has 43 heavy (non-hydrogen) atoms. The Morgan fingerprint density at radius 3 is 2.19 bits per heavy atom. The highest BCUT2D eigenvalue weighted by molar-refractivity contribution is 6.35. The van der Waals surface area contributed by atoms with Crippen LogP contribution < -0.4 is 16.0 Å². The molecule has 0 spiro atoms. The molecule has 8 bridgehead atoms. The molecule has 5 heterocycles. The molecule has 5 nitrogen and oxygen atoms in total. The van der Waals surface area contributed by atoms with Crippen LogP contribution in [0.1, 0.15) is 47.2 Å². The highest BCUT2D eigenvalue weighted by Crippen LogP contribution is 2.36. The largest absolute Gasteiger partial charge is 0.355 e. The summed E-state index contributed by atoms with van der Waals surface area (Å²) in [6, 6.07) is 16.7. The van der Waals surface area contributed by atoms with Gasteiger partial charge in [-0.15, -0.1) is 0 Å². The molecule has 1 aromatic heterocycles. The standard InChI is InChI=1S/C38H36N4O/c1-21-7-9-25(10-8-21)35-28-13-12-27(40-28)20-33-38(5,6)37(43)32(42-33)19-26-11-14-30(39-26)36(31-16-15-29(35)41-31)34-23(3)17-22(2)18-24(34)4/h7-20,32-33,40,42H,1-6H3/b26-19-,27-20-,35-28?,36-31+. The van der Waals surface area contributed by atoms with E-state index in [4.69, 9.17) is 9.98 Å². The van der Waals surface area contributed by atoms with Crippen molar-refractivity contribution in [3.8, 4) is 0 Å². The number of carbonyl (C=O) groups is 1. The Morgan fingerprint density at radius 1 is 0.744 bits per heavy atom. The number of hydrogen-bond donors (Lipinski definition) is 2. The van der Waals surface area contributed by atoms with Gasteiger partial charge in [0.1, 0.15) is 0 Å². The van der Waals surface area contributed by atoms with Gasteiger partial charge in [-0.25, -0.2) is 9.98 Å². The van der Waals surface area contributed by atoms with Crippen molar-refractivity contribution < 1.29 is 4.79 Å². The highest BCUT2D eigenvalue weighted by Gasteiger charge is 2.46. The van der Waals surface area contributed by atoms with Crippen LogP contribution in [0.2, 0.25) is 0 Å². The zero-order valence-corrected chi connectivity index (χ0v) is 25.5. The number of nitrogens with zero attached hydrogens (tertiary/aromatic N) is 2. The molecule has 2 atom stereocenters. The first kappa shape index (κ1) is 27.2. The summed E-state index contributed by atoms with van der Waals surface area (Å²) >= 11 is 0. The van der Waals surface area contributed by atoms with Crippen LogP contribution in [0.25, 0.3) is 17.2 Å². The third kappa shape index (κ3) is 4.65. The van der Waals surface area contributed by atoms with Crippen molar-refractivity contribution >= 4 is 34.4 Å². The topological polar surface area (TPSA) is 69.6 Å². The number of hydrogen-bond acceptors (Lipinski definition) is 4. The Hall–Kier alpha value is -4.61.